The molecule has 0 unspecified atom stereocenters. The zero-order valence-corrected chi connectivity index (χ0v) is 18.1. The minimum atomic E-state index is -0.419. The lowest BCUT2D eigenvalue weighted by molar-refractivity contribution is -0.136. The van der Waals surface area contributed by atoms with E-state index in [1.165, 1.54) is 13.2 Å². The molecule has 0 bridgehead atoms. The SMILES string of the molecule is C=CCN1C(=O)C(Nc2ccc(OC)c(OC)c2)=C(c2ccc(OC(C)C)cc2)C1=O. The molecule has 31 heavy (non-hydrogen) atoms. The molecule has 0 aromatic heterocycles. The Labute approximate surface area is 181 Å². The third-order valence-corrected chi connectivity index (χ3v) is 4.65. The predicted octanol–water partition coefficient (Wildman–Crippen LogP) is 3.87. The van der Waals surface area contributed by atoms with E-state index in [4.69, 9.17) is 14.2 Å². The molecular weight excluding hydrogens is 396 g/mol. The van der Waals surface area contributed by atoms with Crippen molar-refractivity contribution in [1.29, 1.82) is 0 Å². The molecule has 0 saturated heterocycles. The minimum Gasteiger partial charge on any atom is -0.493 e. The molecule has 0 aliphatic carbocycles. The first-order valence-corrected chi connectivity index (χ1v) is 9.87. The summed E-state index contributed by atoms with van der Waals surface area (Å²) in [4.78, 5) is 27.3. The van der Waals surface area contributed by atoms with Crippen molar-refractivity contribution < 1.29 is 23.8 Å². The average molecular weight is 422 g/mol. The van der Waals surface area contributed by atoms with E-state index in [2.05, 4.69) is 11.9 Å². The maximum Gasteiger partial charge on any atom is 0.278 e. The zero-order valence-electron chi connectivity index (χ0n) is 18.1. The number of ether oxygens (including phenoxy) is 3. The van der Waals surface area contributed by atoms with Crippen LogP contribution in [0, 0.1) is 0 Å². The van der Waals surface area contributed by atoms with Gasteiger partial charge in [0.15, 0.2) is 11.5 Å². The van der Waals surface area contributed by atoms with Gasteiger partial charge in [0.05, 0.1) is 25.9 Å². The maximum atomic E-state index is 13.1. The van der Waals surface area contributed by atoms with Crippen LogP contribution in [-0.4, -0.2) is 43.6 Å². The third-order valence-electron chi connectivity index (χ3n) is 4.65. The molecule has 0 atom stereocenters. The molecule has 1 aliphatic heterocycles. The van der Waals surface area contributed by atoms with Gasteiger partial charge in [-0.2, -0.15) is 0 Å². The van der Waals surface area contributed by atoms with E-state index in [9.17, 15) is 9.59 Å². The Morgan fingerprint density at radius 2 is 1.68 bits per heavy atom. The molecule has 0 radical (unpaired) electrons. The van der Waals surface area contributed by atoms with E-state index >= 15 is 0 Å². The summed E-state index contributed by atoms with van der Waals surface area (Å²) in [5.74, 6) is 0.950. The van der Waals surface area contributed by atoms with Crippen LogP contribution in [-0.2, 0) is 9.59 Å². The molecule has 2 amide bonds. The van der Waals surface area contributed by atoms with Crippen molar-refractivity contribution in [3.63, 3.8) is 0 Å². The molecule has 1 heterocycles. The lowest BCUT2D eigenvalue weighted by atomic mass is 10.0. The number of nitrogens with zero attached hydrogens (tertiary/aromatic N) is 1. The van der Waals surface area contributed by atoms with Gasteiger partial charge in [-0.15, -0.1) is 6.58 Å². The van der Waals surface area contributed by atoms with Crippen molar-refractivity contribution in [3.05, 3.63) is 66.4 Å². The van der Waals surface area contributed by atoms with Gasteiger partial charge >= 0.3 is 0 Å². The second-order valence-electron chi connectivity index (χ2n) is 7.15. The van der Waals surface area contributed by atoms with Gasteiger partial charge in [0.25, 0.3) is 11.8 Å². The van der Waals surface area contributed by atoms with Crippen LogP contribution in [0.3, 0.4) is 0 Å². The molecule has 7 heteroatoms. The number of carbonyl (C=O) groups excluding carboxylic acids is 2. The summed E-state index contributed by atoms with van der Waals surface area (Å²) in [7, 11) is 3.08. The summed E-state index contributed by atoms with van der Waals surface area (Å²) >= 11 is 0. The first-order valence-electron chi connectivity index (χ1n) is 9.87. The van der Waals surface area contributed by atoms with Gasteiger partial charge < -0.3 is 19.5 Å². The molecule has 162 valence electrons. The number of hydrogen-bond acceptors (Lipinski definition) is 6. The van der Waals surface area contributed by atoms with Gasteiger partial charge in [-0.3, -0.25) is 14.5 Å². The number of anilines is 1. The predicted molar refractivity (Wildman–Crippen MR) is 119 cm³/mol. The number of methoxy groups -OCH3 is 2. The highest BCUT2D eigenvalue weighted by atomic mass is 16.5. The highest BCUT2D eigenvalue weighted by Crippen LogP contribution is 2.34. The molecule has 0 spiro atoms. The van der Waals surface area contributed by atoms with Gasteiger partial charge in [-0.25, -0.2) is 0 Å². The second-order valence-corrected chi connectivity index (χ2v) is 7.15. The molecule has 2 aromatic rings. The molecule has 0 fully saturated rings. The summed E-state index contributed by atoms with van der Waals surface area (Å²) in [5, 5.41) is 3.10. The first kappa shape index (κ1) is 22.0. The van der Waals surface area contributed by atoms with E-state index in [-0.39, 0.29) is 29.8 Å². The highest BCUT2D eigenvalue weighted by molar-refractivity contribution is 6.36. The quantitative estimate of drug-likeness (QED) is 0.488. The number of rotatable bonds is 9. The van der Waals surface area contributed by atoms with Gasteiger partial charge in [0.2, 0.25) is 0 Å². The van der Waals surface area contributed by atoms with Gasteiger partial charge in [0, 0.05) is 18.3 Å². The number of carbonyl (C=O) groups is 2. The Hall–Kier alpha value is -3.74. The Morgan fingerprint density at radius 1 is 1.00 bits per heavy atom. The van der Waals surface area contributed by atoms with E-state index in [0.717, 1.165) is 4.90 Å². The molecular formula is C24H26N2O5. The Morgan fingerprint density at radius 3 is 2.26 bits per heavy atom. The van der Waals surface area contributed by atoms with E-state index in [0.29, 0.717) is 28.5 Å². The van der Waals surface area contributed by atoms with Crippen LogP contribution in [0.2, 0.25) is 0 Å². The number of hydrogen-bond donors (Lipinski definition) is 1. The highest BCUT2D eigenvalue weighted by Gasteiger charge is 2.38. The smallest absolute Gasteiger partial charge is 0.278 e. The van der Waals surface area contributed by atoms with Crippen LogP contribution in [0.4, 0.5) is 5.69 Å². The summed E-state index contributed by atoms with van der Waals surface area (Å²) in [6, 6.07) is 12.3. The number of imide groups is 1. The van der Waals surface area contributed by atoms with Crippen molar-refractivity contribution in [2.24, 2.45) is 0 Å². The summed E-state index contributed by atoms with van der Waals surface area (Å²) < 4.78 is 16.3. The summed E-state index contributed by atoms with van der Waals surface area (Å²) in [6.45, 7) is 7.64. The largest absolute Gasteiger partial charge is 0.493 e. The molecule has 1 aliphatic rings. The van der Waals surface area contributed by atoms with Crippen molar-refractivity contribution in [2.75, 3.05) is 26.1 Å². The molecule has 7 nitrogen and oxygen atoms in total. The Balaban J connectivity index is 2.03. The number of benzene rings is 2. The summed E-state index contributed by atoms with van der Waals surface area (Å²) in [6.07, 6.45) is 1.55. The van der Waals surface area contributed by atoms with Crippen molar-refractivity contribution >= 4 is 23.1 Å². The number of nitrogens with one attached hydrogen (secondary N) is 1. The van der Waals surface area contributed by atoms with Gasteiger partial charge in [-0.05, 0) is 43.7 Å². The molecule has 2 aromatic carbocycles. The first-order chi connectivity index (χ1) is 14.9. The van der Waals surface area contributed by atoms with Gasteiger partial charge in [0.1, 0.15) is 11.4 Å². The van der Waals surface area contributed by atoms with Crippen LogP contribution in [0.5, 0.6) is 17.2 Å². The molecule has 0 saturated carbocycles. The van der Waals surface area contributed by atoms with Crippen molar-refractivity contribution in [2.45, 2.75) is 20.0 Å². The van der Waals surface area contributed by atoms with E-state index in [1.54, 1.807) is 49.6 Å². The average Bonchev–Trinajstić information content (AvgIpc) is 2.98. The number of amides is 2. The topological polar surface area (TPSA) is 77.1 Å². The summed E-state index contributed by atoms with van der Waals surface area (Å²) in [5.41, 5.74) is 1.69. The fourth-order valence-electron chi connectivity index (χ4n) is 3.29. The second kappa shape index (κ2) is 9.38. The third kappa shape index (κ3) is 4.55. The lowest BCUT2D eigenvalue weighted by Gasteiger charge is -2.13. The monoisotopic (exact) mass is 422 g/mol. The van der Waals surface area contributed by atoms with Gasteiger partial charge in [-0.1, -0.05) is 18.2 Å². The van der Waals surface area contributed by atoms with Crippen LogP contribution in [0.1, 0.15) is 19.4 Å². The standard InChI is InChI=1S/C24H26N2O5/c1-6-13-26-23(27)21(16-7-10-18(11-8-16)31-15(2)3)22(24(26)28)25-17-9-12-19(29-4)20(14-17)30-5/h6-12,14-15,25H,1,13H2,2-5H3. The van der Waals surface area contributed by atoms with Crippen molar-refractivity contribution in [3.8, 4) is 17.2 Å². The van der Waals surface area contributed by atoms with Crippen LogP contribution >= 0.6 is 0 Å². The Bertz CT molecular complexity index is 1020. The normalized spacial score (nSPS) is 13.6. The fourth-order valence-corrected chi connectivity index (χ4v) is 3.29. The van der Waals surface area contributed by atoms with Crippen LogP contribution < -0.4 is 19.5 Å². The van der Waals surface area contributed by atoms with E-state index < -0.39 is 5.91 Å². The van der Waals surface area contributed by atoms with Crippen LogP contribution in [0.15, 0.2) is 60.8 Å². The maximum absolute atomic E-state index is 13.1. The fraction of sp³-hybridized carbons (Fsp3) is 0.250. The molecule has 3 rings (SSSR count). The lowest BCUT2D eigenvalue weighted by Crippen LogP contribution is -2.32. The minimum absolute atomic E-state index is 0.0325. The van der Waals surface area contributed by atoms with Crippen molar-refractivity contribution in [1.82, 2.24) is 4.90 Å². The van der Waals surface area contributed by atoms with E-state index in [1.807, 2.05) is 13.8 Å². The molecule has 1 N–H and O–H groups in total. The van der Waals surface area contributed by atoms with Crippen LogP contribution in [0.25, 0.3) is 5.57 Å². The Kier molecular flexibility index (Phi) is 6.65. The zero-order chi connectivity index (χ0) is 22.5.